The fourth-order valence-corrected chi connectivity index (χ4v) is 7.48. The summed E-state index contributed by atoms with van der Waals surface area (Å²) in [6, 6.07) is 6.13. The summed E-state index contributed by atoms with van der Waals surface area (Å²) in [6.45, 7) is 5.01. The monoisotopic (exact) mass is 954 g/mol. The third kappa shape index (κ3) is 18.4. The van der Waals surface area contributed by atoms with E-state index in [9.17, 15) is 48.6 Å². The molecule has 7 amide bonds. The number of aromatic hydroxyl groups is 1. The fourth-order valence-electron chi connectivity index (χ4n) is 6.54. The van der Waals surface area contributed by atoms with E-state index < -0.39 is 101 Å². The number of H-pyrrole nitrogens is 1. The van der Waals surface area contributed by atoms with Gasteiger partial charge in [0.1, 0.15) is 42.0 Å². The van der Waals surface area contributed by atoms with Crippen LogP contribution in [0.4, 0.5) is 0 Å². The summed E-state index contributed by atoms with van der Waals surface area (Å²) in [7, 11) is 0. The molecule has 0 aliphatic carbocycles. The number of aromatic amines is 1. The second-order valence-corrected chi connectivity index (χ2v) is 18.6. The number of benzene rings is 2. The largest absolute Gasteiger partial charge is 0.508 e. The van der Waals surface area contributed by atoms with Crippen molar-refractivity contribution in [1.82, 2.24) is 41.9 Å². The summed E-state index contributed by atoms with van der Waals surface area (Å²) < 4.78 is 0. The Hall–Kier alpha value is -6.13. The summed E-state index contributed by atoms with van der Waals surface area (Å²) in [5, 5.41) is 34.8. The zero-order chi connectivity index (χ0) is 49.0. The van der Waals surface area contributed by atoms with E-state index in [1.54, 1.807) is 69.5 Å². The topological polar surface area (TPSA) is 330 Å². The maximum atomic E-state index is 14.4. The summed E-state index contributed by atoms with van der Waals surface area (Å²) in [6.07, 6.45) is 5.90. The van der Waals surface area contributed by atoms with E-state index in [0.717, 1.165) is 0 Å². The standard InChI is InChI=1S/C44H62N10O10S2/c1-44(2,3)36(43(64)50-31(16-18-66-5)39(60)51-32(37(46)58)22-35(56)57)54-42(63)34(21-27-23-47-24-48-27)53-41(62)33(20-25-9-7-6-8-10-25)52-40(61)30(15-17-65-4)49-38(59)29(45)19-26-11-13-28(55)14-12-26/h6-14,23-24,29-34,36,55H,15-22,45H2,1-5H3,(H2,46,58)(H,47,48)(H,49,59)(H,50,64)(H,51,60)(H,52,61)(H,53,62)(H,54,63)(H,56,57)/t29-,30+,31-,32-,33-,34-,36+/m0/s1. The number of primary amides is 1. The van der Waals surface area contributed by atoms with Gasteiger partial charge in [0.05, 0.1) is 18.8 Å². The van der Waals surface area contributed by atoms with Crippen LogP contribution < -0.4 is 43.4 Å². The number of aromatic nitrogens is 2. The molecule has 0 spiro atoms. The second kappa shape index (κ2) is 26.7. The molecular weight excluding hydrogens is 893 g/mol. The smallest absolute Gasteiger partial charge is 0.305 e. The van der Waals surface area contributed by atoms with Gasteiger partial charge in [0.2, 0.25) is 41.4 Å². The number of nitrogens with one attached hydrogen (secondary N) is 7. The minimum absolute atomic E-state index is 0.0179. The summed E-state index contributed by atoms with van der Waals surface area (Å²) in [4.78, 5) is 114. The third-order valence-electron chi connectivity index (χ3n) is 10.2. The van der Waals surface area contributed by atoms with Crippen molar-refractivity contribution in [3.05, 3.63) is 83.9 Å². The van der Waals surface area contributed by atoms with Gasteiger partial charge < -0.3 is 58.6 Å². The number of thioether (sulfide) groups is 2. The highest BCUT2D eigenvalue weighted by Gasteiger charge is 2.38. The zero-order valence-electron chi connectivity index (χ0n) is 37.6. The number of hydrogen-bond acceptors (Lipinski definition) is 13. The number of hydrogen-bond donors (Lipinski definition) is 11. The molecule has 360 valence electrons. The fraction of sp³-hybridized carbons (Fsp3) is 0.477. The Morgan fingerprint density at radius 3 is 1.64 bits per heavy atom. The highest BCUT2D eigenvalue weighted by molar-refractivity contribution is 7.98. The summed E-state index contributed by atoms with van der Waals surface area (Å²) >= 11 is 2.81. The quantitative estimate of drug-likeness (QED) is 0.0476. The SMILES string of the molecule is CSCC[C@H](NC(=O)[C@@H](NC(=O)[C@H](Cc1cnc[nH]1)NC(=O)[C@H](Cc1ccccc1)NC(=O)[C@@H](CCSC)NC(=O)[C@@H](N)Cc1ccc(O)cc1)C(C)(C)C)C(=O)N[C@@H](CC(=O)O)C(N)=O. The van der Waals surface area contributed by atoms with Gasteiger partial charge in [-0.25, -0.2) is 4.98 Å². The van der Waals surface area contributed by atoms with Crippen molar-refractivity contribution in [3.8, 4) is 5.75 Å². The predicted octanol–water partition coefficient (Wildman–Crippen LogP) is -0.108. The average Bonchev–Trinajstić information content (AvgIpc) is 3.78. The molecule has 13 N–H and O–H groups in total. The lowest BCUT2D eigenvalue weighted by Gasteiger charge is -2.33. The molecule has 0 aliphatic rings. The first-order valence-corrected chi connectivity index (χ1v) is 23.9. The van der Waals surface area contributed by atoms with E-state index in [0.29, 0.717) is 28.3 Å². The van der Waals surface area contributed by atoms with E-state index in [1.807, 2.05) is 6.26 Å². The Labute approximate surface area is 392 Å². The number of carboxylic acids is 1. The van der Waals surface area contributed by atoms with Crippen molar-refractivity contribution < 1.29 is 48.6 Å². The minimum atomic E-state index is -1.55. The van der Waals surface area contributed by atoms with Gasteiger partial charge in [0, 0.05) is 24.7 Å². The molecule has 66 heavy (non-hydrogen) atoms. The van der Waals surface area contributed by atoms with Crippen LogP contribution in [-0.4, -0.2) is 134 Å². The molecule has 0 saturated carbocycles. The summed E-state index contributed by atoms with van der Waals surface area (Å²) in [5.41, 5.74) is 12.4. The van der Waals surface area contributed by atoms with Crippen molar-refractivity contribution >= 4 is 70.8 Å². The number of carbonyl (C=O) groups is 8. The molecule has 1 aromatic heterocycles. The number of phenolic OH excluding ortho intramolecular Hbond substituents is 1. The number of nitrogens with two attached hydrogens (primary N) is 2. The van der Waals surface area contributed by atoms with Crippen LogP contribution in [0.2, 0.25) is 0 Å². The van der Waals surface area contributed by atoms with Crippen LogP contribution in [0, 0.1) is 5.41 Å². The Morgan fingerprint density at radius 2 is 1.14 bits per heavy atom. The lowest BCUT2D eigenvalue weighted by atomic mass is 9.85. The van der Waals surface area contributed by atoms with Crippen LogP contribution in [0.1, 0.15) is 56.9 Å². The number of carboxylic acid groups (broad SMARTS) is 1. The van der Waals surface area contributed by atoms with Gasteiger partial charge >= 0.3 is 5.97 Å². The van der Waals surface area contributed by atoms with Crippen LogP contribution in [0.25, 0.3) is 0 Å². The van der Waals surface area contributed by atoms with Crippen LogP contribution >= 0.6 is 23.5 Å². The normalized spacial score (nSPS) is 14.5. The molecule has 0 radical (unpaired) electrons. The molecule has 3 rings (SSSR count). The van der Waals surface area contributed by atoms with E-state index in [1.165, 1.54) is 48.2 Å². The molecule has 0 saturated heterocycles. The Bertz CT molecular complexity index is 2090. The van der Waals surface area contributed by atoms with Crippen LogP contribution in [0.5, 0.6) is 5.75 Å². The minimum Gasteiger partial charge on any atom is -0.508 e. The van der Waals surface area contributed by atoms with Gasteiger partial charge in [0.25, 0.3) is 0 Å². The number of amides is 7. The van der Waals surface area contributed by atoms with Gasteiger partial charge in [-0.2, -0.15) is 23.5 Å². The molecule has 20 nitrogen and oxygen atoms in total. The van der Waals surface area contributed by atoms with Crippen molar-refractivity contribution in [2.45, 2.75) is 102 Å². The van der Waals surface area contributed by atoms with Crippen LogP contribution in [-0.2, 0) is 57.6 Å². The van der Waals surface area contributed by atoms with Crippen molar-refractivity contribution in [1.29, 1.82) is 0 Å². The van der Waals surface area contributed by atoms with E-state index >= 15 is 0 Å². The summed E-state index contributed by atoms with van der Waals surface area (Å²) in [5.74, 6) is -6.04. The molecule has 2 aromatic carbocycles. The van der Waals surface area contributed by atoms with Crippen LogP contribution in [0.3, 0.4) is 0 Å². The average molecular weight is 955 g/mol. The van der Waals surface area contributed by atoms with Crippen molar-refractivity contribution in [2.75, 3.05) is 24.0 Å². The van der Waals surface area contributed by atoms with E-state index in [-0.39, 0.29) is 37.9 Å². The first-order valence-electron chi connectivity index (χ1n) is 21.1. The molecule has 0 unspecified atom stereocenters. The Kier molecular flexibility index (Phi) is 22.0. The lowest BCUT2D eigenvalue weighted by molar-refractivity contribution is -0.140. The first kappa shape index (κ1) is 54.2. The molecule has 0 aliphatic heterocycles. The number of imidazole rings is 1. The van der Waals surface area contributed by atoms with E-state index in [2.05, 4.69) is 41.9 Å². The Balaban J connectivity index is 1.90. The van der Waals surface area contributed by atoms with Crippen molar-refractivity contribution in [2.24, 2.45) is 16.9 Å². The zero-order valence-corrected chi connectivity index (χ0v) is 39.3. The molecule has 7 atom stereocenters. The molecule has 0 bridgehead atoms. The molecule has 1 heterocycles. The highest BCUT2D eigenvalue weighted by atomic mass is 32.2. The van der Waals surface area contributed by atoms with Gasteiger partial charge in [0.15, 0.2) is 0 Å². The maximum Gasteiger partial charge on any atom is 0.305 e. The van der Waals surface area contributed by atoms with Gasteiger partial charge in [-0.1, -0.05) is 63.2 Å². The number of carbonyl (C=O) groups excluding carboxylic acids is 7. The number of rotatable bonds is 27. The Morgan fingerprint density at radius 1 is 0.652 bits per heavy atom. The number of nitrogens with zero attached hydrogens (tertiary/aromatic N) is 1. The maximum absolute atomic E-state index is 14.4. The molecular formula is C44H62N10O10S2. The van der Waals surface area contributed by atoms with Crippen LogP contribution in [0.15, 0.2) is 67.1 Å². The highest BCUT2D eigenvalue weighted by Crippen LogP contribution is 2.21. The number of phenols is 1. The molecule has 3 aromatic rings. The lowest BCUT2D eigenvalue weighted by Crippen LogP contribution is -2.62. The molecule has 22 heteroatoms. The van der Waals surface area contributed by atoms with E-state index in [4.69, 9.17) is 11.5 Å². The van der Waals surface area contributed by atoms with Gasteiger partial charge in [-0.05, 0) is 72.0 Å². The van der Waals surface area contributed by atoms with Gasteiger partial charge in [-0.15, -0.1) is 0 Å². The second-order valence-electron chi connectivity index (χ2n) is 16.6. The third-order valence-corrected chi connectivity index (χ3v) is 11.5. The van der Waals surface area contributed by atoms with Crippen molar-refractivity contribution in [3.63, 3.8) is 0 Å². The van der Waals surface area contributed by atoms with Gasteiger partial charge in [-0.3, -0.25) is 38.4 Å². The molecule has 0 fully saturated rings. The first-order chi connectivity index (χ1) is 31.2. The predicted molar refractivity (Wildman–Crippen MR) is 251 cm³/mol. The number of aliphatic carboxylic acids is 1.